The van der Waals surface area contributed by atoms with Crippen LogP contribution in [-0.4, -0.2) is 27.1 Å². The number of piperidine rings is 1. The van der Waals surface area contributed by atoms with Gasteiger partial charge < -0.3 is 5.73 Å². The first-order valence-corrected chi connectivity index (χ1v) is 15.0. The fourth-order valence-electron chi connectivity index (χ4n) is 7.02. The lowest BCUT2D eigenvalue weighted by atomic mass is 9.74. The summed E-state index contributed by atoms with van der Waals surface area (Å²) < 4.78 is 72.8. The van der Waals surface area contributed by atoms with E-state index in [-0.39, 0.29) is 12.4 Å². The second-order valence-corrected chi connectivity index (χ2v) is 12.1. The summed E-state index contributed by atoms with van der Waals surface area (Å²) in [6.07, 6.45) is -2.87. The van der Waals surface area contributed by atoms with Gasteiger partial charge in [0, 0.05) is 34.8 Å². The maximum Gasteiger partial charge on any atom is 0.416 e. The largest absolute Gasteiger partial charge is 0.416 e. The summed E-state index contributed by atoms with van der Waals surface area (Å²) in [5.41, 5.74) is 4.95. The van der Waals surface area contributed by atoms with E-state index in [1.807, 2.05) is 12.1 Å². The number of benzene rings is 3. The molecular formula is C34H33F5N4O2. The molecular weight excluding hydrogens is 591 g/mol. The number of rotatable bonds is 7. The third-order valence-corrected chi connectivity index (χ3v) is 9.36. The summed E-state index contributed by atoms with van der Waals surface area (Å²) in [5.74, 6) is -1.40. The highest BCUT2D eigenvalue weighted by Gasteiger charge is 2.46. The van der Waals surface area contributed by atoms with Crippen molar-refractivity contribution in [2.24, 2.45) is 5.73 Å². The van der Waals surface area contributed by atoms with Crippen LogP contribution in [0, 0.1) is 11.6 Å². The van der Waals surface area contributed by atoms with Crippen molar-refractivity contribution in [1.82, 2.24) is 14.0 Å². The van der Waals surface area contributed by atoms with Gasteiger partial charge in [0.1, 0.15) is 11.6 Å². The highest BCUT2D eigenvalue weighted by molar-refractivity contribution is 5.37. The van der Waals surface area contributed by atoms with Crippen LogP contribution in [0.25, 0.3) is 0 Å². The van der Waals surface area contributed by atoms with E-state index in [1.165, 1.54) is 12.1 Å². The van der Waals surface area contributed by atoms with Crippen LogP contribution in [0.2, 0.25) is 0 Å². The molecule has 2 aliphatic rings. The van der Waals surface area contributed by atoms with Gasteiger partial charge in [-0.1, -0.05) is 48.5 Å². The van der Waals surface area contributed by atoms with Crippen LogP contribution in [0.3, 0.4) is 0 Å². The molecule has 4 aromatic rings. The van der Waals surface area contributed by atoms with E-state index in [1.54, 1.807) is 30.3 Å². The highest BCUT2D eigenvalue weighted by atomic mass is 19.4. The summed E-state index contributed by atoms with van der Waals surface area (Å²) in [7, 11) is 0. The Morgan fingerprint density at radius 3 is 2.24 bits per heavy atom. The molecule has 236 valence electrons. The summed E-state index contributed by atoms with van der Waals surface area (Å²) >= 11 is 0. The summed E-state index contributed by atoms with van der Waals surface area (Å²) in [5, 5.41) is 0. The van der Waals surface area contributed by atoms with Crippen LogP contribution in [-0.2, 0) is 37.6 Å². The molecule has 1 aliphatic heterocycles. The van der Waals surface area contributed by atoms with Gasteiger partial charge in [0.15, 0.2) is 0 Å². The van der Waals surface area contributed by atoms with Crippen LogP contribution in [0.5, 0.6) is 0 Å². The van der Waals surface area contributed by atoms with E-state index in [9.17, 15) is 27.2 Å². The molecule has 2 N–H and O–H groups in total. The number of hydrogen-bond acceptors (Lipinski definition) is 4. The van der Waals surface area contributed by atoms with Crippen molar-refractivity contribution in [3.63, 3.8) is 0 Å². The molecule has 11 heteroatoms. The van der Waals surface area contributed by atoms with Gasteiger partial charge in [-0.3, -0.25) is 18.8 Å². The second kappa shape index (κ2) is 12.0. The van der Waals surface area contributed by atoms with Crippen LogP contribution in [0.1, 0.15) is 58.8 Å². The fraction of sp³-hybridized carbons (Fsp3) is 0.353. The first-order chi connectivity index (χ1) is 21.5. The van der Waals surface area contributed by atoms with Gasteiger partial charge in [0.05, 0.1) is 18.7 Å². The Kier molecular flexibility index (Phi) is 8.26. The van der Waals surface area contributed by atoms with Crippen molar-refractivity contribution in [2.45, 2.75) is 63.0 Å². The Morgan fingerprint density at radius 1 is 0.844 bits per heavy atom. The third kappa shape index (κ3) is 5.98. The molecule has 1 spiro atoms. The number of hydrogen-bond donors (Lipinski definition) is 1. The Hall–Kier alpha value is -4.09. The zero-order valence-corrected chi connectivity index (χ0v) is 24.5. The van der Waals surface area contributed by atoms with Crippen molar-refractivity contribution in [2.75, 3.05) is 13.1 Å². The maximum atomic E-state index is 15.0. The van der Waals surface area contributed by atoms with E-state index in [0.717, 1.165) is 32.9 Å². The van der Waals surface area contributed by atoms with Crippen molar-refractivity contribution >= 4 is 0 Å². The van der Waals surface area contributed by atoms with Crippen molar-refractivity contribution in [3.05, 3.63) is 139 Å². The fourth-order valence-corrected chi connectivity index (χ4v) is 7.02. The minimum atomic E-state index is -4.84. The van der Waals surface area contributed by atoms with Crippen LogP contribution in [0.15, 0.2) is 82.4 Å². The van der Waals surface area contributed by atoms with Gasteiger partial charge in [-0.2, -0.15) is 13.2 Å². The standard InChI is InChI=1S/C34H33F5N4O2/c35-24-9-4-6-22(18-24)19-41-16-14-33(15-17-41)13-12-29-30(33)31(44)43(21-28(40)23-7-2-1-3-8-23)32(45)42(29)20-25-26(34(37,38)39)10-5-11-27(25)36/h1-11,18,28H,12-17,19-21,40H2. The number of alkyl halides is 3. The summed E-state index contributed by atoms with van der Waals surface area (Å²) in [6, 6.07) is 17.3. The molecule has 1 aliphatic carbocycles. The molecule has 0 bridgehead atoms. The molecule has 1 aromatic heterocycles. The van der Waals surface area contributed by atoms with Crippen molar-refractivity contribution in [1.29, 1.82) is 0 Å². The molecule has 0 saturated carbocycles. The van der Waals surface area contributed by atoms with E-state index >= 15 is 4.39 Å². The minimum Gasteiger partial charge on any atom is -0.322 e. The van der Waals surface area contributed by atoms with Gasteiger partial charge in [0.2, 0.25) is 0 Å². The predicted octanol–water partition coefficient (Wildman–Crippen LogP) is 5.54. The van der Waals surface area contributed by atoms with Gasteiger partial charge in [-0.15, -0.1) is 0 Å². The van der Waals surface area contributed by atoms with E-state index < -0.39 is 52.4 Å². The van der Waals surface area contributed by atoms with Crippen LogP contribution >= 0.6 is 0 Å². The summed E-state index contributed by atoms with van der Waals surface area (Å²) in [4.78, 5) is 30.4. The molecule has 1 atom stereocenters. The van der Waals surface area contributed by atoms with Gasteiger partial charge in [-0.25, -0.2) is 13.6 Å². The zero-order valence-electron chi connectivity index (χ0n) is 24.5. The summed E-state index contributed by atoms with van der Waals surface area (Å²) in [6.45, 7) is 0.864. The average molecular weight is 625 g/mol. The molecule has 1 unspecified atom stereocenters. The van der Waals surface area contributed by atoms with Crippen LogP contribution < -0.4 is 17.0 Å². The molecule has 2 heterocycles. The quantitative estimate of drug-likeness (QED) is 0.275. The molecule has 3 aromatic carbocycles. The minimum absolute atomic E-state index is 0.194. The molecule has 1 fully saturated rings. The number of likely N-dealkylation sites (tertiary alicyclic amines) is 1. The number of fused-ring (bicyclic) bond motifs is 2. The molecule has 1 saturated heterocycles. The number of halogens is 5. The predicted molar refractivity (Wildman–Crippen MR) is 160 cm³/mol. The van der Waals surface area contributed by atoms with Gasteiger partial charge >= 0.3 is 11.9 Å². The lowest BCUT2D eigenvalue weighted by molar-refractivity contribution is -0.138. The van der Waals surface area contributed by atoms with E-state index in [4.69, 9.17) is 5.73 Å². The van der Waals surface area contributed by atoms with Crippen molar-refractivity contribution < 1.29 is 22.0 Å². The first kappa shape index (κ1) is 30.9. The highest BCUT2D eigenvalue weighted by Crippen LogP contribution is 2.45. The second-order valence-electron chi connectivity index (χ2n) is 12.1. The number of nitrogens with two attached hydrogens (primary N) is 1. The van der Waals surface area contributed by atoms with Crippen LogP contribution in [0.4, 0.5) is 22.0 Å². The first-order valence-electron chi connectivity index (χ1n) is 15.0. The van der Waals surface area contributed by atoms with Crippen molar-refractivity contribution in [3.8, 4) is 0 Å². The monoisotopic (exact) mass is 624 g/mol. The molecule has 0 radical (unpaired) electrons. The topological polar surface area (TPSA) is 73.3 Å². The molecule has 0 amide bonds. The lowest BCUT2D eigenvalue weighted by Crippen LogP contribution is -2.49. The normalized spacial score (nSPS) is 17.0. The van der Waals surface area contributed by atoms with E-state index in [2.05, 4.69) is 4.90 Å². The Morgan fingerprint density at radius 2 is 1.56 bits per heavy atom. The smallest absolute Gasteiger partial charge is 0.322 e. The lowest BCUT2D eigenvalue weighted by Gasteiger charge is -2.40. The number of nitrogens with zero attached hydrogens (tertiary/aromatic N) is 3. The molecule has 6 nitrogen and oxygen atoms in total. The third-order valence-electron chi connectivity index (χ3n) is 9.36. The Labute approximate surface area is 256 Å². The molecule has 45 heavy (non-hydrogen) atoms. The number of aromatic nitrogens is 2. The van der Waals surface area contributed by atoms with Gasteiger partial charge in [0.25, 0.3) is 5.56 Å². The SMILES string of the molecule is NC(Cn1c(=O)c2c(n(Cc3c(F)cccc3C(F)(F)F)c1=O)CCC21CCN(Cc2cccc(F)c2)CC1)c1ccccc1. The maximum absolute atomic E-state index is 15.0. The zero-order chi connectivity index (χ0) is 31.9. The average Bonchev–Trinajstić information content (AvgIpc) is 3.37. The molecule has 6 rings (SSSR count). The Balaban J connectivity index is 1.42. The Bertz CT molecular complexity index is 1830. The van der Waals surface area contributed by atoms with Gasteiger partial charge in [-0.05, 0) is 74.2 Å². The van der Waals surface area contributed by atoms with E-state index in [0.29, 0.717) is 62.1 Å².